The van der Waals surface area contributed by atoms with E-state index < -0.39 is 6.10 Å². The number of thiophene rings is 1. The first-order valence-corrected chi connectivity index (χ1v) is 8.03. The Kier molecular flexibility index (Phi) is 4.71. The first-order chi connectivity index (χ1) is 8.90. The molecule has 1 unspecified atom stereocenters. The summed E-state index contributed by atoms with van der Waals surface area (Å²) in [7, 11) is 1.80. The fourth-order valence-electron chi connectivity index (χ4n) is 2.03. The molecule has 3 nitrogen and oxygen atoms in total. The molecule has 2 aromatic heterocycles. The van der Waals surface area contributed by atoms with Crippen molar-refractivity contribution in [2.24, 2.45) is 7.05 Å². The summed E-state index contributed by atoms with van der Waals surface area (Å²) in [6, 6.07) is 4.00. The molecule has 0 aliphatic heterocycles. The topological polar surface area (TPSA) is 38.0 Å². The second kappa shape index (κ2) is 5.95. The summed E-state index contributed by atoms with van der Waals surface area (Å²) in [5.74, 6) is 0.235. The van der Waals surface area contributed by atoms with Crippen LogP contribution < -0.4 is 0 Å². The average Bonchev–Trinajstić information content (AvgIpc) is 2.84. The zero-order chi connectivity index (χ0) is 14.2. The summed E-state index contributed by atoms with van der Waals surface area (Å²) in [5, 5.41) is 15.4. The third-order valence-electron chi connectivity index (χ3n) is 2.94. The second-order valence-corrected chi connectivity index (χ2v) is 7.70. The SMILES string of the molecule is CC(C)c1nn(C)c(Cl)c1C(O)Cc1ccc(Br)s1. The lowest BCUT2D eigenvalue weighted by atomic mass is 10.00. The normalized spacial score (nSPS) is 13.2. The Hall–Kier alpha value is -0.360. The smallest absolute Gasteiger partial charge is 0.132 e. The predicted molar refractivity (Wildman–Crippen MR) is 83.0 cm³/mol. The summed E-state index contributed by atoms with van der Waals surface area (Å²) >= 11 is 11.3. The van der Waals surface area contributed by atoms with E-state index in [0.29, 0.717) is 11.6 Å². The molecule has 1 atom stereocenters. The van der Waals surface area contributed by atoms with Crippen molar-refractivity contribution in [1.82, 2.24) is 9.78 Å². The van der Waals surface area contributed by atoms with Crippen molar-refractivity contribution in [3.05, 3.63) is 37.2 Å². The molecule has 0 saturated carbocycles. The highest BCUT2D eigenvalue weighted by Crippen LogP contribution is 2.34. The molecular formula is C13H16BrClN2OS. The zero-order valence-corrected chi connectivity index (χ0v) is 14.2. The summed E-state index contributed by atoms with van der Waals surface area (Å²) in [5.41, 5.74) is 1.62. The molecule has 0 aromatic carbocycles. The minimum Gasteiger partial charge on any atom is -0.388 e. The van der Waals surface area contributed by atoms with E-state index in [2.05, 4.69) is 34.9 Å². The first kappa shape index (κ1) is 15.0. The van der Waals surface area contributed by atoms with Gasteiger partial charge in [0, 0.05) is 23.9 Å². The Labute approximate surface area is 130 Å². The van der Waals surface area contributed by atoms with Gasteiger partial charge in [-0.15, -0.1) is 11.3 Å². The van der Waals surface area contributed by atoms with E-state index in [1.807, 2.05) is 12.1 Å². The Morgan fingerprint density at radius 1 is 1.47 bits per heavy atom. The number of hydrogen-bond donors (Lipinski definition) is 1. The van der Waals surface area contributed by atoms with Gasteiger partial charge >= 0.3 is 0 Å². The Morgan fingerprint density at radius 3 is 2.68 bits per heavy atom. The van der Waals surface area contributed by atoms with E-state index in [1.54, 1.807) is 23.1 Å². The van der Waals surface area contributed by atoms with Crippen molar-refractivity contribution >= 4 is 38.9 Å². The quantitative estimate of drug-likeness (QED) is 0.879. The molecule has 2 aromatic rings. The number of aliphatic hydroxyl groups excluding tert-OH is 1. The maximum atomic E-state index is 10.5. The summed E-state index contributed by atoms with van der Waals surface area (Å²) in [6.07, 6.45) is -0.0642. The van der Waals surface area contributed by atoms with E-state index in [4.69, 9.17) is 11.6 Å². The monoisotopic (exact) mass is 362 g/mol. The molecule has 2 heterocycles. The highest BCUT2D eigenvalue weighted by Gasteiger charge is 2.24. The van der Waals surface area contributed by atoms with Crippen LogP contribution >= 0.6 is 38.9 Å². The highest BCUT2D eigenvalue weighted by molar-refractivity contribution is 9.11. The molecule has 0 amide bonds. The standard InChI is InChI=1S/C13H16BrClN2OS/c1-7(2)12-11(13(15)17(3)16-12)9(18)6-8-4-5-10(14)19-8/h4-5,7,9,18H,6H2,1-3H3. The Bertz CT molecular complexity index is 579. The van der Waals surface area contributed by atoms with Crippen LogP contribution in [-0.2, 0) is 13.5 Å². The lowest BCUT2D eigenvalue weighted by Gasteiger charge is -2.12. The number of hydrogen-bond acceptors (Lipinski definition) is 3. The summed E-state index contributed by atoms with van der Waals surface area (Å²) in [6.45, 7) is 4.10. The van der Waals surface area contributed by atoms with Crippen molar-refractivity contribution in [1.29, 1.82) is 0 Å². The van der Waals surface area contributed by atoms with Gasteiger partial charge in [-0.3, -0.25) is 4.68 Å². The van der Waals surface area contributed by atoms with Gasteiger partial charge in [0.2, 0.25) is 0 Å². The van der Waals surface area contributed by atoms with Crippen LogP contribution in [0.5, 0.6) is 0 Å². The number of nitrogens with zero attached hydrogens (tertiary/aromatic N) is 2. The number of halogens is 2. The predicted octanol–water partition coefficient (Wildman–Crippen LogP) is 4.30. The van der Waals surface area contributed by atoms with Crippen LogP contribution in [0.2, 0.25) is 5.15 Å². The Morgan fingerprint density at radius 2 is 2.16 bits per heavy atom. The van der Waals surface area contributed by atoms with Crippen molar-refractivity contribution in [2.75, 3.05) is 0 Å². The van der Waals surface area contributed by atoms with Crippen LogP contribution in [0.4, 0.5) is 0 Å². The maximum absolute atomic E-state index is 10.5. The van der Waals surface area contributed by atoms with E-state index in [-0.39, 0.29) is 5.92 Å². The first-order valence-electron chi connectivity index (χ1n) is 6.04. The molecular weight excluding hydrogens is 348 g/mol. The molecule has 6 heteroatoms. The van der Waals surface area contributed by atoms with Crippen molar-refractivity contribution in [3.63, 3.8) is 0 Å². The average molecular weight is 364 g/mol. The lowest BCUT2D eigenvalue weighted by molar-refractivity contribution is 0.178. The van der Waals surface area contributed by atoms with Crippen LogP contribution in [0, 0.1) is 0 Å². The van der Waals surface area contributed by atoms with Crippen LogP contribution in [0.15, 0.2) is 15.9 Å². The van der Waals surface area contributed by atoms with Crippen molar-refractivity contribution in [3.8, 4) is 0 Å². The molecule has 2 rings (SSSR count). The molecule has 19 heavy (non-hydrogen) atoms. The maximum Gasteiger partial charge on any atom is 0.132 e. The van der Waals surface area contributed by atoms with E-state index >= 15 is 0 Å². The van der Waals surface area contributed by atoms with Gasteiger partial charge in [0.05, 0.1) is 15.6 Å². The molecule has 0 radical (unpaired) electrons. The number of aromatic nitrogens is 2. The lowest BCUT2D eigenvalue weighted by Crippen LogP contribution is -2.04. The van der Waals surface area contributed by atoms with Gasteiger partial charge in [-0.25, -0.2) is 0 Å². The molecule has 0 fully saturated rings. The van der Waals surface area contributed by atoms with Gasteiger partial charge in [0.15, 0.2) is 0 Å². The second-order valence-electron chi connectivity index (χ2n) is 4.79. The molecule has 104 valence electrons. The number of rotatable bonds is 4. The largest absolute Gasteiger partial charge is 0.388 e. The molecule has 0 spiro atoms. The number of aliphatic hydroxyl groups is 1. The summed E-state index contributed by atoms with van der Waals surface area (Å²) in [4.78, 5) is 1.12. The zero-order valence-electron chi connectivity index (χ0n) is 11.0. The summed E-state index contributed by atoms with van der Waals surface area (Å²) < 4.78 is 2.69. The van der Waals surface area contributed by atoms with Crippen LogP contribution in [-0.4, -0.2) is 14.9 Å². The number of aryl methyl sites for hydroxylation is 1. The van der Waals surface area contributed by atoms with Crippen LogP contribution in [0.25, 0.3) is 0 Å². The van der Waals surface area contributed by atoms with Crippen LogP contribution in [0.3, 0.4) is 0 Å². The van der Waals surface area contributed by atoms with Gasteiger partial charge in [-0.05, 0) is 34.0 Å². The molecule has 0 saturated heterocycles. The van der Waals surface area contributed by atoms with Gasteiger partial charge < -0.3 is 5.11 Å². The van der Waals surface area contributed by atoms with Crippen LogP contribution in [0.1, 0.15) is 42.0 Å². The third-order valence-corrected chi connectivity index (χ3v) is 5.04. The fraction of sp³-hybridized carbons (Fsp3) is 0.462. The van der Waals surface area contributed by atoms with Crippen molar-refractivity contribution < 1.29 is 5.11 Å². The van der Waals surface area contributed by atoms with Gasteiger partial charge in [-0.2, -0.15) is 5.10 Å². The van der Waals surface area contributed by atoms with Crippen molar-refractivity contribution in [2.45, 2.75) is 32.3 Å². The minimum absolute atomic E-state index is 0.235. The van der Waals surface area contributed by atoms with Gasteiger partial charge in [0.1, 0.15) is 5.15 Å². The third kappa shape index (κ3) is 3.21. The van der Waals surface area contributed by atoms with Gasteiger partial charge in [-0.1, -0.05) is 25.4 Å². The van der Waals surface area contributed by atoms with Gasteiger partial charge in [0.25, 0.3) is 0 Å². The van der Waals surface area contributed by atoms with E-state index in [9.17, 15) is 5.11 Å². The highest BCUT2D eigenvalue weighted by atomic mass is 79.9. The van der Waals surface area contributed by atoms with E-state index in [0.717, 1.165) is 19.9 Å². The van der Waals surface area contributed by atoms with E-state index in [1.165, 1.54) is 0 Å². The molecule has 0 aliphatic rings. The molecule has 0 bridgehead atoms. The molecule has 0 aliphatic carbocycles. The fourth-order valence-corrected chi connectivity index (χ4v) is 3.81. The Balaban J connectivity index is 2.30. The molecule has 1 N–H and O–H groups in total. The minimum atomic E-state index is -0.621.